The zero-order valence-corrected chi connectivity index (χ0v) is 21.2. The van der Waals surface area contributed by atoms with Gasteiger partial charge in [0.15, 0.2) is 0 Å². The zero-order valence-electron chi connectivity index (χ0n) is 21.2. The van der Waals surface area contributed by atoms with E-state index >= 15 is 0 Å². The molecule has 3 fully saturated rings. The predicted molar refractivity (Wildman–Crippen MR) is 123 cm³/mol. The van der Waals surface area contributed by atoms with Crippen molar-refractivity contribution in [1.82, 2.24) is 5.32 Å². The number of hydrogen-bond acceptors (Lipinski definition) is 6. The molecule has 0 bridgehead atoms. The van der Waals surface area contributed by atoms with Crippen LogP contribution in [0.4, 0.5) is 4.79 Å². The third-order valence-electron chi connectivity index (χ3n) is 7.71. The summed E-state index contributed by atoms with van der Waals surface area (Å²) in [5, 5.41) is 2.99. The highest BCUT2D eigenvalue weighted by Gasteiger charge is 2.76. The first kappa shape index (κ1) is 25.5. The predicted octanol–water partition coefficient (Wildman–Crippen LogP) is 4.24. The van der Waals surface area contributed by atoms with Gasteiger partial charge < -0.3 is 29.0 Å². The standard InChI is InChI=1S/C25H43NO6/c1-9-29-14-18(17(4)5)26-22(27)31-19-11-13-25(15-30-25)21(20(19)28-8)24(7)23(6,32-24)12-10-16(2)3/h10,17-21H,9,11-15H2,1-8H3,(H,26,27)/t18-,19+,20+,21+,23-,24+,25-/m0/s1. The zero-order chi connectivity index (χ0) is 23.7. The van der Waals surface area contributed by atoms with Gasteiger partial charge in [-0.2, -0.15) is 0 Å². The maximum atomic E-state index is 12.8. The van der Waals surface area contributed by atoms with Crippen LogP contribution in [0.25, 0.3) is 0 Å². The van der Waals surface area contributed by atoms with Crippen LogP contribution in [-0.2, 0) is 23.7 Å². The molecule has 3 aliphatic rings. The SMILES string of the molecule is CCOC[C@H](NC(=O)O[C@@H]1CC[C@]2(CO2)[C@@H]([C@@]2(C)O[C@@]2(C)CC=C(C)C)[C@@H]1OC)C(C)C. The van der Waals surface area contributed by atoms with Gasteiger partial charge >= 0.3 is 6.09 Å². The van der Waals surface area contributed by atoms with Gasteiger partial charge in [-0.15, -0.1) is 0 Å². The van der Waals surface area contributed by atoms with Crippen molar-refractivity contribution in [3.8, 4) is 0 Å². The Bertz CT molecular complexity index is 701. The van der Waals surface area contributed by atoms with Crippen molar-refractivity contribution in [3.05, 3.63) is 11.6 Å². The Hall–Kier alpha value is -1.15. The third kappa shape index (κ3) is 5.01. The van der Waals surface area contributed by atoms with E-state index in [0.29, 0.717) is 26.2 Å². The lowest BCUT2D eigenvalue weighted by Gasteiger charge is -2.43. The topological polar surface area (TPSA) is 81.9 Å². The molecule has 0 unspecified atom stereocenters. The summed E-state index contributed by atoms with van der Waals surface area (Å²) in [5.41, 5.74) is 0.348. The van der Waals surface area contributed by atoms with Gasteiger partial charge in [-0.1, -0.05) is 25.5 Å². The van der Waals surface area contributed by atoms with Gasteiger partial charge in [0, 0.05) is 13.7 Å². The lowest BCUT2D eigenvalue weighted by molar-refractivity contribution is -0.118. The molecule has 0 radical (unpaired) electrons. The Morgan fingerprint density at radius 3 is 2.50 bits per heavy atom. The van der Waals surface area contributed by atoms with Crippen molar-refractivity contribution < 1.29 is 28.5 Å². The molecule has 3 rings (SSSR count). The second kappa shape index (κ2) is 9.61. The Morgan fingerprint density at radius 1 is 1.28 bits per heavy atom. The van der Waals surface area contributed by atoms with Gasteiger partial charge in [0.05, 0.1) is 30.8 Å². The molecule has 7 atom stereocenters. The second-order valence-corrected chi connectivity index (χ2v) is 10.6. The molecule has 7 heteroatoms. The van der Waals surface area contributed by atoms with Gasteiger partial charge in [-0.3, -0.25) is 0 Å². The van der Waals surface area contributed by atoms with Crippen molar-refractivity contribution >= 4 is 6.09 Å². The summed E-state index contributed by atoms with van der Waals surface area (Å²) in [6.45, 7) is 16.4. The molecule has 184 valence electrons. The fraction of sp³-hybridized carbons (Fsp3) is 0.880. The van der Waals surface area contributed by atoms with Crippen LogP contribution >= 0.6 is 0 Å². The maximum absolute atomic E-state index is 12.8. The van der Waals surface area contributed by atoms with Gasteiger partial charge in [0.2, 0.25) is 0 Å². The highest BCUT2D eigenvalue weighted by molar-refractivity contribution is 5.68. The highest BCUT2D eigenvalue weighted by atomic mass is 16.6. The van der Waals surface area contributed by atoms with Crippen LogP contribution in [0, 0.1) is 11.8 Å². The summed E-state index contributed by atoms with van der Waals surface area (Å²) in [6.07, 6.45) is 3.54. The van der Waals surface area contributed by atoms with Gasteiger partial charge in [0.1, 0.15) is 23.4 Å². The molecule has 1 N–H and O–H groups in total. The van der Waals surface area contributed by atoms with Crippen LogP contribution in [0.15, 0.2) is 11.6 Å². The molecule has 2 heterocycles. The second-order valence-electron chi connectivity index (χ2n) is 10.6. The van der Waals surface area contributed by atoms with E-state index in [9.17, 15) is 4.79 Å². The number of epoxide rings is 2. The molecular formula is C25H43NO6. The average molecular weight is 454 g/mol. The maximum Gasteiger partial charge on any atom is 0.407 e. The lowest BCUT2D eigenvalue weighted by Crippen LogP contribution is -2.57. The van der Waals surface area contributed by atoms with E-state index in [1.165, 1.54) is 5.57 Å². The molecule has 1 amide bonds. The number of carbonyl (C=O) groups excluding carboxylic acids is 1. The number of allylic oxidation sites excluding steroid dienone is 1. The Labute approximate surface area is 193 Å². The number of hydrogen-bond donors (Lipinski definition) is 1. The van der Waals surface area contributed by atoms with E-state index in [4.69, 9.17) is 23.7 Å². The van der Waals surface area contributed by atoms with Crippen LogP contribution in [0.3, 0.4) is 0 Å². The van der Waals surface area contributed by atoms with E-state index < -0.39 is 11.7 Å². The Balaban J connectivity index is 1.72. The third-order valence-corrected chi connectivity index (χ3v) is 7.71. The van der Waals surface area contributed by atoms with E-state index in [0.717, 1.165) is 12.8 Å². The molecular weight excluding hydrogens is 410 g/mol. The van der Waals surface area contributed by atoms with E-state index in [2.05, 4.69) is 52.9 Å². The first-order valence-corrected chi connectivity index (χ1v) is 12.1. The fourth-order valence-electron chi connectivity index (χ4n) is 5.31. The van der Waals surface area contributed by atoms with Crippen molar-refractivity contribution in [2.75, 3.05) is 26.9 Å². The van der Waals surface area contributed by atoms with Gasteiger partial charge in [-0.25, -0.2) is 4.79 Å². The minimum Gasteiger partial charge on any atom is -0.443 e. The van der Waals surface area contributed by atoms with Crippen molar-refractivity contribution in [2.45, 2.75) is 103 Å². The Morgan fingerprint density at radius 2 is 1.97 bits per heavy atom. The van der Waals surface area contributed by atoms with E-state index in [1.54, 1.807) is 7.11 Å². The van der Waals surface area contributed by atoms with E-state index in [-0.39, 0.29) is 41.3 Å². The molecule has 2 saturated heterocycles. The number of amides is 1. The first-order chi connectivity index (χ1) is 15.0. The summed E-state index contributed by atoms with van der Waals surface area (Å²) >= 11 is 0. The average Bonchev–Trinajstić information content (AvgIpc) is 3.61. The van der Waals surface area contributed by atoms with Crippen LogP contribution < -0.4 is 5.32 Å². The smallest absolute Gasteiger partial charge is 0.407 e. The number of ether oxygens (including phenoxy) is 5. The van der Waals surface area contributed by atoms with Gasteiger partial charge in [0.25, 0.3) is 0 Å². The van der Waals surface area contributed by atoms with Crippen LogP contribution in [0.1, 0.15) is 67.7 Å². The number of methoxy groups -OCH3 is 1. The van der Waals surface area contributed by atoms with Crippen LogP contribution in [0.2, 0.25) is 0 Å². The summed E-state index contributed by atoms with van der Waals surface area (Å²) in [4.78, 5) is 12.8. The molecule has 1 saturated carbocycles. The molecule has 0 aromatic rings. The molecule has 1 spiro atoms. The first-order valence-electron chi connectivity index (χ1n) is 12.1. The van der Waals surface area contributed by atoms with Crippen LogP contribution in [0.5, 0.6) is 0 Å². The van der Waals surface area contributed by atoms with Crippen molar-refractivity contribution in [3.63, 3.8) is 0 Å². The normalized spacial score (nSPS) is 39.0. The number of nitrogens with one attached hydrogen (secondary N) is 1. The summed E-state index contributed by atoms with van der Waals surface area (Å²) in [5.74, 6) is 0.232. The fourth-order valence-corrected chi connectivity index (χ4v) is 5.31. The molecule has 1 aliphatic carbocycles. The number of rotatable bonds is 10. The van der Waals surface area contributed by atoms with Crippen LogP contribution in [-0.4, -0.2) is 68.1 Å². The number of carbonyl (C=O) groups is 1. The molecule has 2 aliphatic heterocycles. The monoisotopic (exact) mass is 453 g/mol. The summed E-state index contributed by atoms with van der Waals surface area (Å²) in [7, 11) is 1.69. The van der Waals surface area contributed by atoms with Crippen molar-refractivity contribution in [1.29, 1.82) is 0 Å². The van der Waals surface area contributed by atoms with Crippen molar-refractivity contribution in [2.24, 2.45) is 11.8 Å². The lowest BCUT2D eigenvalue weighted by atomic mass is 9.66. The van der Waals surface area contributed by atoms with E-state index in [1.807, 2.05) is 6.92 Å². The minimum absolute atomic E-state index is 0.00793. The number of alkyl carbamates (subject to hydrolysis) is 1. The summed E-state index contributed by atoms with van der Waals surface area (Å²) < 4.78 is 29.9. The van der Waals surface area contributed by atoms with Gasteiger partial charge in [-0.05, 0) is 59.8 Å². The minimum atomic E-state index is -0.420. The molecule has 7 nitrogen and oxygen atoms in total. The Kier molecular flexibility index (Phi) is 7.65. The molecule has 32 heavy (non-hydrogen) atoms. The quantitative estimate of drug-likeness (QED) is 0.394. The largest absolute Gasteiger partial charge is 0.443 e. The molecule has 0 aromatic heterocycles. The highest BCUT2D eigenvalue weighted by Crippen LogP contribution is 2.64. The molecule has 0 aromatic carbocycles. The summed E-state index contributed by atoms with van der Waals surface area (Å²) in [6, 6.07) is -0.0995.